The van der Waals surface area contributed by atoms with Crippen molar-refractivity contribution < 1.29 is 17.9 Å². The third kappa shape index (κ3) is 3.41. The summed E-state index contributed by atoms with van der Waals surface area (Å²) in [5.74, 6) is -0.126. The van der Waals surface area contributed by atoms with E-state index >= 15 is 0 Å². The quantitative estimate of drug-likeness (QED) is 0.805. The fourth-order valence-corrected chi connectivity index (χ4v) is 1.40. The van der Waals surface area contributed by atoms with Crippen molar-refractivity contribution in [2.24, 2.45) is 0 Å². The molecule has 1 nitrogen and oxygen atoms in total. The average Bonchev–Trinajstić information content (AvgIpc) is 2.12. The zero-order valence-electron chi connectivity index (χ0n) is 8.07. The zero-order chi connectivity index (χ0) is 11.5. The number of benzene rings is 1. The van der Waals surface area contributed by atoms with Crippen molar-refractivity contribution in [2.75, 3.05) is 6.61 Å². The fraction of sp³-hybridized carbons (Fsp3) is 0.400. The lowest BCUT2D eigenvalue weighted by atomic mass is 10.2. The lowest BCUT2D eigenvalue weighted by Crippen LogP contribution is -2.09. The van der Waals surface area contributed by atoms with E-state index in [2.05, 4.69) is 15.9 Å². The molecule has 0 aliphatic rings. The van der Waals surface area contributed by atoms with Crippen molar-refractivity contribution in [3.05, 3.63) is 28.2 Å². The summed E-state index contributed by atoms with van der Waals surface area (Å²) in [6.07, 6.45) is -3.70. The van der Waals surface area contributed by atoms with Gasteiger partial charge in [0.2, 0.25) is 0 Å². The Hall–Kier alpha value is -0.710. The van der Waals surface area contributed by atoms with E-state index in [4.69, 9.17) is 4.74 Å². The minimum atomic E-state index is -4.37. The third-order valence-corrected chi connectivity index (χ3v) is 2.20. The van der Waals surface area contributed by atoms with Crippen molar-refractivity contribution >= 4 is 15.9 Å². The standard InChI is InChI=1S/C10H10BrF3O/c1-2-5-15-9-6-7(11)3-4-8(9)10(12,13)14/h3-4,6H,2,5H2,1H3. The van der Waals surface area contributed by atoms with Crippen molar-refractivity contribution in [3.63, 3.8) is 0 Å². The molecule has 0 fully saturated rings. The summed E-state index contributed by atoms with van der Waals surface area (Å²) >= 11 is 3.11. The van der Waals surface area contributed by atoms with Crippen molar-refractivity contribution in [1.82, 2.24) is 0 Å². The van der Waals surface area contributed by atoms with E-state index in [1.807, 2.05) is 6.92 Å². The molecule has 0 amide bonds. The van der Waals surface area contributed by atoms with Crippen molar-refractivity contribution in [2.45, 2.75) is 19.5 Å². The molecule has 0 unspecified atom stereocenters. The molecule has 1 aromatic carbocycles. The van der Waals surface area contributed by atoms with Crippen LogP contribution >= 0.6 is 15.9 Å². The monoisotopic (exact) mass is 282 g/mol. The first-order valence-electron chi connectivity index (χ1n) is 4.44. The topological polar surface area (TPSA) is 9.23 Å². The van der Waals surface area contributed by atoms with Gasteiger partial charge in [-0.05, 0) is 24.6 Å². The lowest BCUT2D eigenvalue weighted by molar-refractivity contribution is -0.138. The second kappa shape index (κ2) is 4.88. The van der Waals surface area contributed by atoms with Crippen LogP contribution < -0.4 is 4.74 Å². The molecule has 0 bridgehead atoms. The number of rotatable bonds is 3. The molecule has 1 rings (SSSR count). The highest BCUT2D eigenvalue weighted by Crippen LogP contribution is 2.37. The molecule has 5 heteroatoms. The van der Waals surface area contributed by atoms with E-state index in [1.54, 1.807) is 0 Å². The molecule has 15 heavy (non-hydrogen) atoms. The van der Waals surface area contributed by atoms with Gasteiger partial charge in [-0.1, -0.05) is 22.9 Å². The van der Waals surface area contributed by atoms with Crippen LogP contribution in [0.2, 0.25) is 0 Å². The molecule has 0 aliphatic heterocycles. The van der Waals surface area contributed by atoms with Crippen LogP contribution in [0.15, 0.2) is 22.7 Å². The largest absolute Gasteiger partial charge is 0.493 e. The SMILES string of the molecule is CCCOc1cc(Br)ccc1C(F)(F)F. The Kier molecular flexibility index (Phi) is 4.02. The van der Waals surface area contributed by atoms with Gasteiger partial charge in [0.05, 0.1) is 12.2 Å². The summed E-state index contributed by atoms with van der Waals surface area (Å²) in [5.41, 5.74) is -0.737. The number of ether oxygens (including phenoxy) is 1. The van der Waals surface area contributed by atoms with Gasteiger partial charge in [0.1, 0.15) is 5.75 Å². The average molecular weight is 283 g/mol. The maximum Gasteiger partial charge on any atom is 0.419 e. The van der Waals surface area contributed by atoms with Crippen LogP contribution in [0.3, 0.4) is 0 Å². The first-order valence-corrected chi connectivity index (χ1v) is 5.24. The van der Waals surface area contributed by atoms with Gasteiger partial charge in [0.15, 0.2) is 0 Å². The zero-order valence-corrected chi connectivity index (χ0v) is 9.65. The van der Waals surface area contributed by atoms with Gasteiger partial charge in [-0.3, -0.25) is 0 Å². The Bertz CT molecular complexity index is 336. The maximum absolute atomic E-state index is 12.5. The second-order valence-electron chi connectivity index (χ2n) is 2.99. The Morgan fingerprint density at radius 3 is 2.53 bits per heavy atom. The number of alkyl halides is 3. The van der Waals surface area contributed by atoms with Crippen LogP contribution in [0.4, 0.5) is 13.2 Å². The number of halogens is 4. The first kappa shape index (κ1) is 12.4. The van der Waals surface area contributed by atoms with Gasteiger partial charge in [0, 0.05) is 4.47 Å². The molecule has 84 valence electrons. The molecule has 0 spiro atoms. The predicted octanol–water partition coefficient (Wildman–Crippen LogP) is 4.26. The minimum Gasteiger partial charge on any atom is -0.493 e. The van der Waals surface area contributed by atoms with Gasteiger partial charge < -0.3 is 4.74 Å². The number of hydrogen-bond donors (Lipinski definition) is 0. The van der Waals surface area contributed by atoms with Crippen LogP contribution in [0.1, 0.15) is 18.9 Å². The lowest BCUT2D eigenvalue weighted by Gasteiger charge is -2.13. The summed E-state index contributed by atoms with van der Waals surface area (Å²) in [6, 6.07) is 3.69. The molecule has 0 radical (unpaired) electrons. The Morgan fingerprint density at radius 2 is 2.00 bits per heavy atom. The van der Waals surface area contributed by atoms with Crippen LogP contribution in [0, 0.1) is 0 Å². The van der Waals surface area contributed by atoms with E-state index in [9.17, 15) is 13.2 Å². The molecule has 0 atom stereocenters. The summed E-state index contributed by atoms with van der Waals surface area (Å²) in [6.45, 7) is 2.12. The summed E-state index contributed by atoms with van der Waals surface area (Å²) < 4.78 is 43.2. The maximum atomic E-state index is 12.5. The predicted molar refractivity (Wildman–Crippen MR) is 54.9 cm³/mol. The van der Waals surface area contributed by atoms with E-state index < -0.39 is 11.7 Å². The van der Waals surface area contributed by atoms with E-state index in [-0.39, 0.29) is 12.4 Å². The van der Waals surface area contributed by atoms with Crippen LogP contribution in [-0.2, 0) is 6.18 Å². The van der Waals surface area contributed by atoms with Crippen LogP contribution in [0.5, 0.6) is 5.75 Å². The van der Waals surface area contributed by atoms with Gasteiger partial charge in [-0.25, -0.2) is 0 Å². The van der Waals surface area contributed by atoms with Gasteiger partial charge >= 0.3 is 6.18 Å². The minimum absolute atomic E-state index is 0.126. The smallest absolute Gasteiger partial charge is 0.419 e. The van der Waals surface area contributed by atoms with Crippen molar-refractivity contribution in [1.29, 1.82) is 0 Å². The van der Waals surface area contributed by atoms with E-state index in [0.717, 1.165) is 6.07 Å². The first-order chi connectivity index (χ1) is 6.95. The summed E-state index contributed by atoms with van der Waals surface area (Å²) in [4.78, 5) is 0. The highest BCUT2D eigenvalue weighted by molar-refractivity contribution is 9.10. The Morgan fingerprint density at radius 1 is 1.33 bits per heavy atom. The van der Waals surface area contributed by atoms with E-state index in [0.29, 0.717) is 10.9 Å². The highest BCUT2D eigenvalue weighted by atomic mass is 79.9. The molecule has 0 saturated carbocycles. The normalized spacial score (nSPS) is 11.5. The Balaban J connectivity index is 3.03. The molecule has 0 N–H and O–H groups in total. The third-order valence-electron chi connectivity index (χ3n) is 1.71. The second-order valence-corrected chi connectivity index (χ2v) is 3.90. The van der Waals surface area contributed by atoms with Gasteiger partial charge in [-0.2, -0.15) is 13.2 Å². The molecule has 1 aromatic rings. The van der Waals surface area contributed by atoms with Gasteiger partial charge in [-0.15, -0.1) is 0 Å². The number of hydrogen-bond acceptors (Lipinski definition) is 1. The fourth-order valence-electron chi connectivity index (χ4n) is 1.06. The molecule has 0 saturated heterocycles. The van der Waals surface area contributed by atoms with Crippen LogP contribution in [0.25, 0.3) is 0 Å². The highest BCUT2D eigenvalue weighted by Gasteiger charge is 2.34. The molecular weight excluding hydrogens is 273 g/mol. The Labute approximate surface area is 94.4 Å². The molecule has 0 aromatic heterocycles. The van der Waals surface area contributed by atoms with E-state index in [1.165, 1.54) is 12.1 Å². The summed E-state index contributed by atoms with van der Waals surface area (Å²) in [5, 5.41) is 0. The van der Waals surface area contributed by atoms with Gasteiger partial charge in [0.25, 0.3) is 0 Å². The molecular formula is C10H10BrF3O. The molecule has 0 aliphatic carbocycles. The summed E-state index contributed by atoms with van der Waals surface area (Å²) in [7, 11) is 0. The van der Waals surface area contributed by atoms with Crippen molar-refractivity contribution in [3.8, 4) is 5.75 Å². The van der Waals surface area contributed by atoms with Crippen LogP contribution in [-0.4, -0.2) is 6.61 Å². The molecule has 0 heterocycles.